The van der Waals surface area contributed by atoms with Crippen LogP contribution in [0.3, 0.4) is 0 Å². The first-order chi connectivity index (χ1) is 7.41. The molecule has 0 saturated carbocycles. The minimum atomic E-state index is -4.61. The molecule has 1 N–H and O–H groups in total. The van der Waals surface area contributed by atoms with Gasteiger partial charge in [0, 0.05) is 6.20 Å². The van der Waals surface area contributed by atoms with Crippen LogP contribution in [0.1, 0.15) is 16.2 Å². The summed E-state index contributed by atoms with van der Waals surface area (Å²) in [4.78, 5) is 13.9. The van der Waals surface area contributed by atoms with Gasteiger partial charge in [0.1, 0.15) is 0 Å². The second-order valence-electron chi connectivity index (χ2n) is 3.06. The first-order valence-electron chi connectivity index (χ1n) is 4.18. The number of aromatic nitrogens is 2. The Morgan fingerprint density at radius 1 is 1.44 bits per heavy atom. The Labute approximate surface area is 87.0 Å². The van der Waals surface area contributed by atoms with Gasteiger partial charge in [-0.3, -0.25) is 4.40 Å². The molecule has 7 heteroatoms. The largest absolute Gasteiger partial charge is 0.478 e. The highest BCUT2D eigenvalue weighted by Gasteiger charge is 2.36. The van der Waals surface area contributed by atoms with Crippen LogP contribution >= 0.6 is 0 Å². The van der Waals surface area contributed by atoms with E-state index in [4.69, 9.17) is 5.11 Å². The van der Waals surface area contributed by atoms with Crippen molar-refractivity contribution < 1.29 is 23.1 Å². The van der Waals surface area contributed by atoms with Gasteiger partial charge in [-0.15, -0.1) is 0 Å². The van der Waals surface area contributed by atoms with Gasteiger partial charge in [-0.05, 0) is 12.1 Å². The number of carboxylic acids is 1. The number of nitrogens with zero attached hydrogens (tertiary/aromatic N) is 2. The lowest BCUT2D eigenvalue weighted by Gasteiger charge is -2.05. The Bertz CT molecular complexity index is 559. The van der Waals surface area contributed by atoms with Crippen LogP contribution in [0.4, 0.5) is 13.2 Å². The van der Waals surface area contributed by atoms with Crippen LogP contribution in [0.5, 0.6) is 0 Å². The molecule has 84 valence electrons. The van der Waals surface area contributed by atoms with E-state index < -0.39 is 18.0 Å². The topological polar surface area (TPSA) is 54.6 Å². The number of hydrogen-bond acceptors (Lipinski definition) is 2. The van der Waals surface area contributed by atoms with E-state index in [0.29, 0.717) is 4.40 Å². The van der Waals surface area contributed by atoms with Gasteiger partial charge in [0.15, 0.2) is 0 Å². The molecule has 2 aromatic rings. The van der Waals surface area contributed by atoms with Crippen molar-refractivity contribution >= 4 is 11.5 Å². The molecule has 0 radical (unpaired) electrons. The molecule has 16 heavy (non-hydrogen) atoms. The summed E-state index contributed by atoms with van der Waals surface area (Å²) in [6.07, 6.45) is -2.59. The Morgan fingerprint density at radius 3 is 2.69 bits per heavy atom. The minimum absolute atomic E-state index is 0.0812. The van der Waals surface area contributed by atoms with E-state index >= 15 is 0 Å². The van der Waals surface area contributed by atoms with Gasteiger partial charge in [-0.25, -0.2) is 9.78 Å². The second-order valence-corrected chi connectivity index (χ2v) is 3.06. The highest BCUT2D eigenvalue weighted by Crippen LogP contribution is 2.29. The molecule has 2 rings (SSSR count). The SMILES string of the molecule is O=C(O)c1cccn2c(C(F)(F)F)ncc12. The van der Waals surface area contributed by atoms with E-state index in [1.54, 1.807) is 0 Å². The van der Waals surface area contributed by atoms with Crippen molar-refractivity contribution in [1.29, 1.82) is 0 Å². The Balaban J connectivity index is 2.76. The van der Waals surface area contributed by atoms with Gasteiger partial charge >= 0.3 is 12.1 Å². The zero-order valence-corrected chi connectivity index (χ0v) is 7.69. The smallest absolute Gasteiger partial charge is 0.450 e. The van der Waals surface area contributed by atoms with E-state index in [1.165, 1.54) is 12.1 Å². The van der Waals surface area contributed by atoms with Gasteiger partial charge in [-0.2, -0.15) is 13.2 Å². The molecule has 0 atom stereocenters. The van der Waals surface area contributed by atoms with E-state index in [0.717, 1.165) is 12.4 Å². The van der Waals surface area contributed by atoms with Gasteiger partial charge in [-0.1, -0.05) is 0 Å². The number of imidazole rings is 1. The third-order valence-electron chi connectivity index (χ3n) is 2.05. The van der Waals surface area contributed by atoms with E-state index in [1.807, 2.05) is 0 Å². The third-order valence-corrected chi connectivity index (χ3v) is 2.05. The summed E-state index contributed by atoms with van der Waals surface area (Å²) in [7, 11) is 0. The van der Waals surface area contributed by atoms with Crippen molar-refractivity contribution in [3.63, 3.8) is 0 Å². The van der Waals surface area contributed by atoms with Crippen molar-refractivity contribution in [3.05, 3.63) is 35.9 Å². The lowest BCUT2D eigenvalue weighted by molar-refractivity contribution is -0.145. The monoisotopic (exact) mass is 230 g/mol. The first-order valence-corrected chi connectivity index (χ1v) is 4.18. The molecule has 0 unspecified atom stereocenters. The maximum absolute atomic E-state index is 12.5. The van der Waals surface area contributed by atoms with Gasteiger partial charge < -0.3 is 5.11 Å². The summed E-state index contributed by atoms with van der Waals surface area (Å²) < 4.78 is 38.1. The number of carboxylic acid groups (broad SMARTS) is 1. The maximum atomic E-state index is 12.5. The van der Waals surface area contributed by atoms with Crippen molar-refractivity contribution in [1.82, 2.24) is 9.38 Å². The molecule has 0 amide bonds. The van der Waals surface area contributed by atoms with Crippen LogP contribution in [0.25, 0.3) is 5.52 Å². The number of halogens is 3. The first kappa shape index (κ1) is 10.5. The maximum Gasteiger partial charge on any atom is 0.450 e. The minimum Gasteiger partial charge on any atom is -0.478 e. The number of alkyl halides is 3. The molecule has 0 aliphatic heterocycles. The fourth-order valence-electron chi connectivity index (χ4n) is 1.41. The molecule has 0 fully saturated rings. The average Bonchev–Trinajstić information content (AvgIpc) is 2.59. The van der Waals surface area contributed by atoms with E-state index in [-0.39, 0.29) is 11.1 Å². The number of aromatic carboxylic acids is 1. The lowest BCUT2D eigenvalue weighted by atomic mass is 10.2. The predicted octanol–water partition coefficient (Wildman–Crippen LogP) is 2.05. The van der Waals surface area contributed by atoms with Crippen LogP contribution in [0.2, 0.25) is 0 Å². The summed E-state index contributed by atoms with van der Waals surface area (Å²) in [6, 6.07) is 2.45. The lowest BCUT2D eigenvalue weighted by Crippen LogP contribution is -2.11. The van der Waals surface area contributed by atoms with Crippen molar-refractivity contribution in [2.45, 2.75) is 6.18 Å². The van der Waals surface area contributed by atoms with Crippen LogP contribution in [-0.2, 0) is 6.18 Å². The number of hydrogen-bond donors (Lipinski definition) is 1. The molecule has 2 aromatic heterocycles. The van der Waals surface area contributed by atoms with Crippen LogP contribution in [0, 0.1) is 0 Å². The second kappa shape index (κ2) is 3.22. The quantitative estimate of drug-likeness (QED) is 0.815. The molecule has 0 aliphatic rings. The fraction of sp³-hybridized carbons (Fsp3) is 0.111. The third kappa shape index (κ3) is 1.50. The van der Waals surface area contributed by atoms with Crippen molar-refractivity contribution in [2.75, 3.05) is 0 Å². The van der Waals surface area contributed by atoms with Crippen LogP contribution < -0.4 is 0 Å². The fourth-order valence-corrected chi connectivity index (χ4v) is 1.41. The van der Waals surface area contributed by atoms with E-state index in [2.05, 4.69) is 4.98 Å². The molecule has 0 aromatic carbocycles. The molecule has 2 heterocycles. The average molecular weight is 230 g/mol. The summed E-state index contributed by atoms with van der Waals surface area (Å²) in [5.74, 6) is -2.43. The van der Waals surface area contributed by atoms with Gasteiger partial charge in [0.05, 0.1) is 17.3 Å². The molecule has 0 saturated heterocycles. The molecular weight excluding hydrogens is 225 g/mol. The Hall–Kier alpha value is -2.05. The Morgan fingerprint density at radius 2 is 2.12 bits per heavy atom. The van der Waals surface area contributed by atoms with Crippen molar-refractivity contribution in [2.24, 2.45) is 0 Å². The van der Waals surface area contributed by atoms with Crippen LogP contribution in [-0.4, -0.2) is 20.5 Å². The highest BCUT2D eigenvalue weighted by molar-refractivity contribution is 5.95. The summed E-state index contributed by atoms with van der Waals surface area (Å²) >= 11 is 0. The zero-order chi connectivity index (χ0) is 11.9. The molecule has 0 aliphatic carbocycles. The number of fused-ring (bicyclic) bond motifs is 1. The molecule has 0 spiro atoms. The summed E-state index contributed by atoms with van der Waals surface area (Å²) in [6.45, 7) is 0. The Kier molecular flexibility index (Phi) is 2.11. The normalized spacial score (nSPS) is 11.9. The summed E-state index contributed by atoms with van der Waals surface area (Å²) in [5, 5.41) is 8.77. The number of carbonyl (C=O) groups is 1. The predicted molar refractivity (Wildman–Crippen MR) is 47.2 cm³/mol. The van der Waals surface area contributed by atoms with Gasteiger partial charge in [0.25, 0.3) is 0 Å². The molecule has 0 bridgehead atoms. The number of rotatable bonds is 1. The molecular formula is C9H5F3N2O2. The summed E-state index contributed by atoms with van der Waals surface area (Å²) in [5.41, 5.74) is -0.298. The van der Waals surface area contributed by atoms with E-state index in [9.17, 15) is 18.0 Å². The number of pyridine rings is 1. The highest BCUT2D eigenvalue weighted by atomic mass is 19.4. The molecule has 4 nitrogen and oxygen atoms in total. The van der Waals surface area contributed by atoms with Crippen LogP contribution in [0.15, 0.2) is 24.5 Å². The zero-order valence-electron chi connectivity index (χ0n) is 7.69. The van der Waals surface area contributed by atoms with Gasteiger partial charge in [0.2, 0.25) is 5.82 Å². The van der Waals surface area contributed by atoms with Crippen molar-refractivity contribution in [3.8, 4) is 0 Å². The standard InChI is InChI=1S/C9H5F3N2O2/c10-9(11,12)8-13-4-6-5(7(15)16)2-1-3-14(6)8/h1-4H,(H,15,16).